The number of rotatable bonds is 4. The van der Waals surface area contributed by atoms with Crippen LogP contribution in [0.25, 0.3) is 0 Å². The molecule has 2 heteroatoms. The highest BCUT2D eigenvalue weighted by molar-refractivity contribution is 6.20. The molecule has 0 aromatic heterocycles. The molecule has 1 heterocycles. The smallest absolute Gasteiger partial charge is 0.0586 e. The Kier molecular flexibility index (Phi) is 5.51. The van der Waals surface area contributed by atoms with Crippen LogP contribution in [0.1, 0.15) is 69.4 Å². The van der Waals surface area contributed by atoms with E-state index >= 15 is 0 Å². The van der Waals surface area contributed by atoms with E-state index in [1.165, 1.54) is 30.4 Å². The maximum absolute atomic E-state index is 6.54. The van der Waals surface area contributed by atoms with E-state index in [2.05, 4.69) is 45.0 Å². The topological polar surface area (TPSA) is 9.23 Å². The van der Waals surface area contributed by atoms with Gasteiger partial charge in [-0.05, 0) is 48.6 Å². The number of alkyl halides is 1. The molecule has 0 bridgehead atoms. The third kappa shape index (κ3) is 4.49. The fourth-order valence-electron chi connectivity index (χ4n) is 2.73. The van der Waals surface area contributed by atoms with E-state index in [0.29, 0.717) is 6.10 Å². The maximum Gasteiger partial charge on any atom is 0.0586 e. The lowest BCUT2D eigenvalue weighted by Gasteiger charge is -2.24. The molecule has 112 valence electrons. The Bertz CT molecular complexity index is 398. The first-order chi connectivity index (χ1) is 9.47. The first-order valence-corrected chi connectivity index (χ1v) is 8.26. The molecular formula is C18H27ClO. The van der Waals surface area contributed by atoms with Crippen LogP contribution in [0.2, 0.25) is 0 Å². The summed E-state index contributed by atoms with van der Waals surface area (Å²) in [6.45, 7) is 7.64. The summed E-state index contributed by atoms with van der Waals surface area (Å²) >= 11 is 6.54. The van der Waals surface area contributed by atoms with Crippen LogP contribution in [-0.2, 0) is 10.2 Å². The quantitative estimate of drug-likeness (QED) is 0.656. The summed E-state index contributed by atoms with van der Waals surface area (Å²) in [7, 11) is 0. The second-order valence-corrected chi connectivity index (χ2v) is 7.43. The van der Waals surface area contributed by atoms with Crippen LogP contribution in [0.5, 0.6) is 0 Å². The van der Waals surface area contributed by atoms with Crippen molar-refractivity contribution >= 4 is 11.6 Å². The van der Waals surface area contributed by atoms with E-state index in [1.54, 1.807) is 0 Å². The van der Waals surface area contributed by atoms with Gasteiger partial charge in [0.25, 0.3) is 0 Å². The molecule has 2 rings (SSSR count). The van der Waals surface area contributed by atoms with Gasteiger partial charge in [0.1, 0.15) is 0 Å². The van der Waals surface area contributed by atoms with E-state index < -0.39 is 0 Å². The third-order valence-corrected chi connectivity index (χ3v) is 4.62. The molecule has 1 aliphatic rings. The largest absolute Gasteiger partial charge is 0.378 e. The molecule has 1 fully saturated rings. The molecule has 1 aromatic carbocycles. The Morgan fingerprint density at radius 3 is 2.45 bits per heavy atom. The highest BCUT2D eigenvalue weighted by atomic mass is 35.5. The lowest BCUT2D eigenvalue weighted by molar-refractivity contribution is 0.0100. The van der Waals surface area contributed by atoms with Gasteiger partial charge in [0.05, 0.1) is 11.5 Å². The molecule has 0 amide bonds. The van der Waals surface area contributed by atoms with E-state index in [1.807, 2.05) is 0 Å². The van der Waals surface area contributed by atoms with Crippen molar-refractivity contribution in [2.75, 3.05) is 6.61 Å². The van der Waals surface area contributed by atoms with Gasteiger partial charge in [0, 0.05) is 6.61 Å². The second kappa shape index (κ2) is 6.95. The van der Waals surface area contributed by atoms with Crippen LogP contribution in [-0.4, -0.2) is 12.7 Å². The standard InChI is InChI=1S/C18H27ClO/c1-18(2,3)15-9-7-14(8-10-15)17(19)12-11-16-6-4-5-13-20-16/h7-10,16-17H,4-6,11-13H2,1-3H3. The molecular weight excluding hydrogens is 268 g/mol. The van der Waals surface area contributed by atoms with Gasteiger partial charge in [-0.25, -0.2) is 0 Å². The van der Waals surface area contributed by atoms with Crippen molar-refractivity contribution in [3.8, 4) is 0 Å². The van der Waals surface area contributed by atoms with Crippen molar-refractivity contribution in [3.63, 3.8) is 0 Å². The molecule has 1 aromatic rings. The molecule has 1 saturated heterocycles. The second-order valence-electron chi connectivity index (χ2n) is 6.91. The highest BCUT2D eigenvalue weighted by Gasteiger charge is 2.18. The van der Waals surface area contributed by atoms with Gasteiger partial charge in [0.2, 0.25) is 0 Å². The van der Waals surface area contributed by atoms with E-state index in [0.717, 1.165) is 19.4 Å². The van der Waals surface area contributed by atoms with Crippen LogP contribution in [0.15, 0.2) is 24.3 Å². The predicted molar refractivity (Wildman–Crippen MR) is 86.6 cm³/mol. The van der Waals surface area contributed by atoms with Crippen molar-refractivity contribution in [1.29, 1.82) is 0 Å². The molecule has 0 N–H and O–H groups in total. The minimum Gasteiger partial charge on any atom is -0.378 e. The minimum atomic E-state index is 0.106. The van der Waals surface area contributed by atoms with Crippen molar-refractivity contribution in [1.82, 2.24) is 0 Å². The molecule has 2 atom stereocenters. The zero-order chi connectivity index (χ0) is 14.6. The fraction of sp³-hybridized carbons (Fsp3) is 0.667. The van der Waals surface area contributed by atoms with E-state index in [4.69, 9.17) is 16.3 Å². The molecule has 0 aliphatic carbocycles. The summed E-state index contributed by atoms with van der Waals surface area (Å²) < 4.78 is 5.77. The van der Waals surface area contributed by atoms with Crippen molar-refractivity contribution in [2.45, 2.75) is 69.8 Å². The fourth-order valence-corrected chi connectivity index (χ4v) is 3.00. The summed E-state index contributed by atoms with van der Waals surface area (Å²) in [6.07, 6.45) is 6.23. The molecule has 2 unspecified atom stereocenters. The van der Waals surface area contributed by atoms with Gasteiger partial charge in [0.15, 0.2) is 0 Å². The van der Waals surface area contributed by atoms with E-state index in [-0.39, 0.29) is 10.8 Å². The zero-order valence-electron chi connectivity index (χ0n) is 13.0. The first kappa shape index (κ1) is 15.9. The average Bonchev–Trinajstić information content (AvgIpc) is 2.45. The number of hydrogen-bond acceptors (Lipinski definition) is 1. The predicted octanol–water partition coefficient (Wildman–Crippen LogP) is 5.61. The van der Waals surface area contributed by atoms with Crippen LogP contribution in [0, 0.1) is 0 Å². The van der Waals surface area contributed by atoms with Crippen LogP contribution in [0.3, 0.4) is 0 Å². The lowest BCUT2D eigenvalue weighted by atomic mass is 9.86. The normalized spacial score (nSPS) is 21.7. The maximum atomic E-state index is 6.54. The average molecular weight is 295 g/mol. The van der Waals surface area contributed by atoms with Gasteiger partial charge in [-0.1, -0.05) is 45.0 Å². The number of hydrogen-bond donors (Lipinski definition) is 0. The van der Waals surface area contributed by atoms with Crippen molar-refractivity contribution in [3.05, 3.63) is 35.4 Å². The van der Waals surface area contributed by atoms with Gasteiger partial charge in [-0.2, -0.15) is 0 Å². The zero-order valence-corrected chi connectivity index (χ0v) is 13.7. The minimum absolute atomic E-state index is 0.106. The van der Waals surface area contributed by atoms with Crippen molar-refractivity contribution in [2.24, 2.45) is 0 Å². The Hall–Kier alpha value is -0.530. The van der Waals surface area contributed by atoms with E-state index in [9.17, 15) is 0 Å². The van der Waals surface area contributed by atoms with Crippen molar-refractivity contribution < 1.29 is 4.74 Å². The molecule has 0 spiro atoms. The number of benzene rings is 1. The van der Waals surface area contributed by atoms with Gasteiger partial charge >= 0.3 is 0 Å². The summed E-state index contributed by atoms with van der Waals surface area (Å²) in [5.41, 5.74) is 2.80. The number of halogens is 1. The molecule has 20 heavy (non-hydrogen) atoms. The summed E-state index contributed by atoms with van der Waals surface area (Å²) in [6, 6.07) is 8.78. The Labute approximate surface area is 128 Å². The Morgan fingerprint density at radius 2 is 1.90 bits per heavy atom. The molecule has 0 radical (unpaired) electrons. The molecule has 0 saturated carbocycles. The summed E-state index contributed by atoms with van der Waals surface area (Å²) in [4.78, 5) is 0. The summed E-state index contributed by atoms with van der Waals surface area (Å²) in [5, 5.41) is 0.106. The third-order valence-electron chi connectivity index (χ3n) is 4.15. The molecule has 1 aliphatic heterocycles. The van der Waals surface area contributed by atoms with Gasteiger partial charge in [-0.3, -0.25) is 0 Å². The lowest BCUT2D eigenvalue weighted by Crippen LogP contribution is -2.19. The van der Waals surface area contributed by atoms with Crippen LogP contribution < -0.4 is 0 Å². The Balaban J connectivity index is 1.87. The Morgan fingerprint density at radius 1 is 1.20 bits per heavy atom. The monoisotopic (exact) mass is 294 g/mol. The summed E-state index contributed by atoms with van der Waals surface area (Å²) in [5.74, 6) is 0. The number of ether oxygens (including phenoxy) is 1. The van der Waals surface area contributed by atoms with Crippen LogP contribution >= 0.6 is 11.6 Å². The highest BCUT2D eigenvalue weighted by Crippen LogP contribution is 2.30. The van der Waals surface area contributed by atoms with Gasteiger partial charge in [-0.15, -0.1) is 11.6 Å². The van der Waals surface area contributed by atoms with Gasteiger partial charge < -0.3 is 4.74 Å². The molecule has 1 nitrogen and oxygen atoms in total. The van der Waals surface area contributed by atoms with Crippen LogP contribution in [0.4, 0.5) is 0 Å². The SMILES string of the molecule is CC(C)(C)c1ccc(C(Cl)CCC2CCCCO2)cc1. The first-order valence-electron chi connectivity index (χ1n) is 7.83.